The van der Waals surface area contributed by atoms with E-state index in [1.807, 2.05) is 31.6 Å². The van der Waals surface area contributed by atoms with Gasteiger partial charge in [-0.2, -0.15) is 5.10 Å². The summed E-state index contributed by atoms with van der Waals surface area (Å²) >= 11 is 12.3. The summed E-state index contributed by atoms with van der Waals surface area (Å²) in [5.74, 6) is 0.198. The molecular weight excluding hydrogens is 508 g/mol. The van der Waals surface area contributed by atoms with Gasteiger partial charge in [-0.15, -0.1) is 0 Å². The normalized spacial score (nSPS) is 14.9. The summed E-state index contributed by atoms with van der Waals surface area (Å²) in [5.41, 5.74) is 7.42. The first kappa shape index (κ1) is 26.0. The van der Waals surface area contributed by atoms with Crippen LogP contribution in [0.4, 0.5) is 15.0 Å². The van der Waals surface area contributed by atoms with E-state index in [1.54, 1.807) is 30.3 Å². The molecule has 0 bridgehead atoms. The molecule has 4 rings (SSSR count). The van der Waals surface area contributed by atoms with Gasteiger partial charge in [0.05, 0.1) is 11.2 Å². The van der Waals surface area contributed by atoms with E-state index in [-0.39, 0.29) is 22.9 Å². The van der Waals surface area contributed by atoms with Gasteiger partial charge >= 0.3 is 6.09 Å². The molecule has 2 N–H and O–H groups in total. The van der Waals surface area contributed by atoms with Gasteiger partial charge in [0.15, 0.2) is 11.6 Å². The van der Waals surface area contributed by atoms with Crippen molar-refractivity contribution in [3.8, 4) is 16.9 Å². The van der Waals surface area contributed by atoms with Crippen LogP contribution < -0.4 is 10.5 Å². The predicted octanol–water partition coefficient (Wildman–Crippen LogP) is 5.98. The lowest BCUT2D eigenvalue weighted by atomic mass is 10.0. The Labute approximate surface area is 219 Å². The monoisotopic (exact) mass is 535 g/mol. The first-order valence-corrected chi connectivity index (χ1v) is 12.2. The Morgan fingerprint density at radius 2 is 1.97 bits per heavy atom. The first-order chi connectivity index (χ1) is 16.9. The van der Waals surface area contributed by atoms with Gasteiger partial charge in [-0.1, -0.05) is 23.2 Å². The van der Waals surface area contributed by atoms with Crippen LogP contribution in [0.15, 0.2) is 36.8 Å². The number of anilines is 1. The molecule has 3 heterocycles. The van der Waals surface area contributed by atoms with E-state index in [1.165, 1.54) is 12.1 Å². The summed E-state index contributed by atoms with van der Waals surface area (Å²) in [5, 5.41) is 4.64. The molecule has 1 aromatic carbocycles. The lowest BCUT2D eigenvalue weighted by molar-refractivity contribution is -0.00383. The number of ether oxygens (including phenoxy) is 2. The van der Waals surface area contributed by atoms with Crippen molar-refractivity contribution in [3.05, 3.63) is 58.2 Å². The maximum atomic E-state index is 14.0. The third-order valence-corrected chi connectivity index (χ3v) is 6.41. The number of nitrogens with two attached hydrogens (primary N) is 1. The molecule has 1 fully saturated rings. The molecule has 1 saturated heterocycles. The van der Waals surface area contributed by atoms with Crippen molar-refractivity contribution in [2.45, 2.75) is 45.9 Å². The second-order valence-corrected chi connectivity index (χ2v) is 10.6. The van der Waals surface area contributed by atoms with Crippen molar-refractivity contribution in [1.82, 2.24) is 19.7 Å². The van der Waals surface area contributed by atoms with E-state index < -0.39 is 17.5 Å². The van der Waals surface area contributed by atoms with Gasteiger partial charge in [0.1, 0.15) is 17.5 Å². The quantitative estimate of drug-likeness (QED) is 0.390. The minimum absolute atomic E-state index is 0.0970. The van der Waals surface area contributed by atoms with Crippen LogP contribution in [0.25, 0.3) is 11.1 Å². The summed E-state index contributed by atoms with van der Waals surface area (Å²) in [6.45, 7) is 9.16. The molecule has 11 heteroatoms. The molecule has 0 spiro atoms. The van der Waals surface area contributed by atoms with Gasteiger partial charge in [-0.3, -0.25) is 4.68 Å². The number of carbonyl (C=O) groups is 1. The fraction of sp³-hybridized carbons (Fsp3) is 0.400. The molecule has 0 radical (unpaired) electrons. The predicted molar refractivity (Wildman–Crippen MR) is 137 cm³/mol. The maximum absolute atomic E-state index is 14.0. The maximum Gasteiger partial charge on any atom is 0.410 e. The third kappa shape index (κ3) is 5.84. The molecular formula is C25H28Cl2FN5O3. The number of nitrogen functional groups attached to an aromatic ring is 1. The molecule has 8 nitrogen and oxygen atoms in total. The zero-order chi connectivity index (χ0) is 26.2. The van der Waals surface area contributed by atoms with Crippen molar-refractivity contribution < 1.29 is 18.7 Å². The van der Waals surface area contributed by atoms with Crippen LogP contribution in [0.2, 0.25) is 10.0 Å². The Hall–Kier alpha value is -3.04. The van der Waals surface area contributed by atoms with Crippen molar-refractivity contribution in [2.24, 2.45) is 5.92 Å². The zero-order valence-electron chi connectivity index (χ0n) is 20.5. The van der Waals surface area contributed by atoms with E-state index in [2.05, 4.69) is 10.1 Å². The lowest BCUT2D eigenvalue weighted by Gasteiger charge is -2.39. The summed E-state index contributed by atoms with van der Waals surface area (Å²) < 4.78 is 27.2. The highest BCUT2D eigenvalue weighted by atomic mass is 35.5. The van der Waals surface area contributed by atoms with Gasteiger partial charge in [0.25, 0.3) is 0 Å². The van der Waals surface area contributed by atoms with E-state index in [4.69, 9.17) is 38.4 Å². The van der Waals surface area contributed by atoms with E-state index >= 15 is 0 Å². The Balaban J connectivity index is 1.41. The average molecular weight is 536 g/mol. The second-order valence-electron chi connectivity index (χ2n) is 9.83. The summed E-state index contributed by atoms with van der Waals surface area (Å²) in [4.78, 5) is 18.1. The molecule has 36 heavy (non-hydrogen) atoms. The van der Waals surface area contributed by atoms with Crippen molar-refractivity contribution >= 4 is 35.1 Å². The molecule has 1 amide bonds. The molecule has 1 aliphatic heterocycles. The number of rotatable bonds is 6. The minimum atomic E-state index is -0.672. The molecule has 2 aromatic heterocycles. The minimum Gasteiger partial charge on any atom is -0.482 e. The van der Waals surface area contributed by atoms with Crippen LogP contribution >= 0.6 is 23.2 Å². The number of aromatic nitrogens is 3. The molecule has 0 aliphatic carbocycles. The Bertz CT molecular complexity index is 1270. The summed E-state index contributed by atoms with van der Waals surface area (Å²) in [6, 6.07) is 4.38. The topological polar surface area (TPSA) is 95.5 Å². The molecule has 0 saturated carbocycles. The van der Waals surface area contributed by atoms with E-state index in [0.717, 1.165) is 11.1 Å². The van der Waals surface area contributed by atoms with Crippen LogP contribution in [-0.2, 0) is 11.3 Å². The number of hydrogen-bond donors (Lipinski definition) is 1. The number of amides is 1. The highest BCUT2D eigenvalue weighted by Gasteiger charge is 2.34. The van der Waals surface area contributed by atoms with Crippen molar-refractivity contribution in [2.75, 3.05) is 18.8 Å². The zero-order valence-corrected chi connectivity index (χ0v) is 22.0. The number of likely N-dealkylation sites (tertiary alicyclic amines) is 1. The van der Waals surface area contributed by atoms with Crippen LogP contribution in [0.1, 0.15) is 39.4 Å². The second kappa shape index (κ2) is 10.1. The number of nitrogens with zero attached hydrogens (tertiary/aromatic N) is 4. The molecule has 1 aliphatic rings. The first-order valence-electron chi connectivity index (χ1n) is 11.5. The Morgan fingerprint density at radius 1 is 1.25 bits per heavy atom. The van der Waals surface area contributed by atoms with E-state index in [0.29, 0.717) is 36.0 Å². The molecule has 192 valence electrons. The highest BCUT2D eigenvalue weighted by molar-refractivity contribution is 6.36. The molecule has 1 unspecified atom stereocenters. The number of carbonyl (C=O) groups excluding carboxylic acids is 1. The standard InChI is InChI=1S/C25H28Cl2FN5O3/c1-14(21-18(26)5-6-19(28)22(21)27)35-20-7-16(8-30-23(20)29)17-9-31-33(13-17)12-15-10-32(11-15)24(34)36-25(2,3)4/h5-9,13-15H,10-12H2,1-4H3,(H2,29,30). The summed E-state index contributed by atoms with van der Waals surface area (Å²) in [6.07, 6.45) is 4.29. The van der Waals surface area contributed by atoms with Crippen LogP contribution in [0.3, 0.4) is 0 Å². The number of pyridine rings is 1. The van der Waals surface area contributed by atoms with Crippen LogP contribution in [-0.4, -0.2) is 44.4 Å². The van der Waals surface area contributed by atoms with Crippen LogP contribution in [0, 0.1) is 11.7 Å². The summed E-state index contributed by atoms with van der Waals surface area (Å²) in [7, 11) is 0. The number of benzene rings is 1. The van der Waals surface area contributed by atoms with Crippen LogP contribution in [0.5, 0.6) is 5.75 Å². The molecule has 1 atom stereocenters. The third-order valence-electron chi connectivity index (χ3n) is 5.69. The number of hydrogen-bond acceptors (Lipinski definition) is 6. The van der Waals surface area contributed by atoms with Gasteiger partial charge in [0, 0.05) is 59.7 Å². The van der Waals surface area contributed by atoms with Crippen molar-refractivity contribution in [3.63, 3.8) is 0 Å². The number of halogens is 3. The SMILES string of the molecule is CC(Oc1cc(-c2cnn(CC3CN(C(=O)OC(C)(C)C)C3)c2)cnc1N)c1c(Cl)ccc(F)c1Cl. The highest BCUT2D eigenvalue weighted by Crippen LogP contribution is 2.37. The smallest absolute Gasteiger partial charge is 0.410 e. The molecule has 3 aromatic rings. The fourth-order valence-corrected chi connectivity index (χ4v) is 4.59. The van der Waals surface area contributed by atoms with Gasteiger partial charge in [0.2, 0.25) is 0 Å². The lowest BCUT2D eigenvalue weighted by Crippen LogP contribution is -2.52. The Morgan fingerprint density at radius 3 is 2.67 bits per heavy atom. The fourth-order valence-electron chi connectivity index (χ4n) is 3.91. The van der Waals surface area contributed by atoms with Gasteiger partial charge < -0.3 is 20.1 Å². The average Bonchev–Trinajstić information content (AvgIpc) is 3.22. The van der Waals surface area contributed by atoms with Gasteiger partial charge in [-0.05, 0) is 45.9 Å². The Kier molecular flexibility index (Phi) is 7.33. The van der Waals surface area contributed by atoms with E-state index in [9.17, 15) is 9.18 Å². The largest absolute Gasteiger partial charge is 0.482 e. The van der Waals surface area contributed by atoms with Gasteiger partial charge in [-0.25, -0.2) is 14.2 Å². The van der Waals surface area contributed by atoms with Crippen molar-refractivity contribution in [1.29, 1.82) is 0 Å².